The van der Waals surface area contributed by atoms with E-state index in [1.165, 1.54) is 30.9 Å². The van der Waals surface area contributed by atoms with E-state index in [-0.39, 0.29) is 5.91 Å². The maximum absolute atomic E-state index is 12.4. The molecule has 0 aliphatic heterocycles. The molecule has 0 saturated heterocycles. The number of aromatic hydroxyl groups is 1. The molecule has 0 bridgehead atoms. The predicted molar refractivity (Wildman–Crippen MR) is 104 cm³/mol. The first-order chi connectivity index (χ1) is 13.0. The van der Waals surface area contributed by atoms with Crippen molar-refractivity contribution < 1.29 is 14.7 Å². The van der Waals surface area contributed by atoms with Crippen LogP contribution in [0.3, 0.4) is 0 Å². The van der Waals surface area contributed by atoms with Gasteiger partial charge in [0.05, 0.1) is 5.52 Å². The molecule has 1 aromatic heterocycles. The second-order valence-corrected chi connectivity index (χ2v) is 6.62. The van der Waals surface area contributed by atoms with Gasteiger partial charge in [0.25, 0.3) is 11.5 Å². The highest BCUT2D eigenvalue weighted by molar-refractivity contribution is 6.02. The van der Waals surface area contributed by atoms with Gasteiger partial charge in [-0.25, -0.2) is 0 Å². The lowest BCUT2D eigenvalue weighted by Gasteiger charge is -2.12. The number of hydrogen-bond acceptors (Lipinski definition) is 4. The minimum absolute atomic E-state index is 0.300. The van der Waals surface area contributed by atoms with Crippen molar-refractivity contribution in [3.63, 3.8) is 0 Å². The zero-order valence-electron chi connectivity index (χ0n) is 15.9. The molecule has 3 N–H and O–H groups in total. The van der Waals surface area contributed by atoms with Gasteiger partial charge in [-0.3, -0.25) is 25.2 Å². The molecule has 7 nitrogen and oxygen atoms in total. The van der Waals surface area contributed by atoms with Crippen LogP contribution in [0.5, 0.6) is 5.75 Å². The van der Waals surface area contributed by atoms with Crippen molar-refractivity contribution in [3.8, 4) is 5.75 Å². The SMILES string of the molecule is CCCCCCCCC(=O)NNC(=O)c1c(O)c2ccccc2n(C)c1=O. The van der Waals surface area contributed by atoms with Crippen molar-refractivity contribution in [2.45, 2.75) is 51.9 Å². The molecule has 27 heavy (non-hydrogen) atoms. The minimum atomic E-state index is -0.838. The fourth-order valence-corrected chi connectivity index (χ4v) is 3.00. The number of para-hydroxylation sites is 1. The molecule has 0 saturated carbocycles. The summed E-state index contributed by atoms with van der Waals surface area (Å²) in [4.78, 5) is 36.6. The van der Waals surface area contributed by atoms with E-state index < -0.39 is 22.8 Å². The summed E-state index contributed by atoms with van der Waals surface area (Å²) in [6.45, 7) is 2.15. The van der Waals surface area contributed by atoms with Crippen LogP contribution in [0.4, 0.5) is 0 Å². The van der Waals surface area contributed by atoms with Gasteiger partial charge in [-0.2, -0.15) is 0 Å². The van der Waals surface area contributed by atoms with Crippen LogP contribution in [0, 0.1) is 0 Å². The zero-order valence-corrected chi connectivity index (χ0v) is 15.9. The first-order valence-electron chi connectivity index (χ1n) is 9.37. The molecule has 0 fully saturated rings. The van der Waals surface area contributed by atoms with Crippen molar-refractivity contribution >= 4 is 22.7 Å². The van der Waals surface area contributed by atoms with Gasteiger partial charge in [0.15, 0.2) is 0 Å². The topological polar surface area (TPSA) is 100 Å². The molecule has 0 radical (unpaired) electrons. The third-order valence-electron chi connectivity index (χ3n) is 4.58. The summed E-state index contributed by atoms with van der Waals surface area (Å²) in [6, 6.07) is 6.75. The van der Waals surface area contributed by atoms with E-state index in [4.69, 9.17) is 0 Å². The number of carbonyl (C=O) groups is 2. The number of rotatable bonds is 8. The molecule has 7 heteroatoms. The van der Waals surface area contributed by atoms with Crippen LogP contribution in [0.1, 0.15) is 62.2 Å². The minimum Gasteiger partial charge on any atom is -0.506 e. The molecule has 0 atom stereocenters. The Balaban J connectivity index is 1.97. The average Bonchev–Trinajstić information content (AvgIpc) is 2.67. The fourth-order valence-electron chi connectivity index (χ4n) is 3.00. The first kappa shape index (κ1) is 20.5. The van der Waals surface area contributed by atoms with Gasteiger partial charge in [0, 0.05) is 18.9 Å². The lowest BCUT2D eigenvalue weighted by Crippen LogP contribution is -2.43. The number of nitrogens with one attached hydrogen (secondary N) is 2. The molecule has 2 rings (SSSR count). The Morgan fingerprint density at radius 3 is 2.44 bits per heavy atom. The van der Waals surface area contributed by atoms with Crippen LogP contribution >= 0.6 is 0 Å². The maximum Gasteiger partial charge on any atom is 0.279 e. The summed E-state index contributed by atoms with van der Waals surface area (Å²) in [5, 5.41) is 10.7. The number of hydrogen-bond donors (Lipinski definition) is 3. The van der Waals surface area contributed by atoms with Gasteiger partial charge < -0.3 is 9.67 Å². The molecule has 0 aliphatic carbocycles. The molecule has 2 amide bonds. The monoisotopic (exact) mass is 373 g/mol. The maximum atomic E-state index is 12.4. The number of hydrazine groups is 1. The van der Waals surface area contributed by atoms with E-state index in [1.807, 2.05) is 0 Å². The van der Waals surface area contributed by atoms with E-state index in [9.17, 15) is 19.5 Å². The van der Waals surface area contributed by atoms with Crippen molar-refractivity contribution in [1.82, 2.24) is 15.4 Å². The smallest absolute Gasteiger partial charge is 0.279 e. The number of amides is 2. The normalized spacial score (nSPS) is 10.7. The van der Waals surface area contributed by atoms with E-state index in [2.05, 4.69) is 17.8 Å². The average molecular weight is 373 g/mol. The van der Waals surface area contributed by atoms with Crippen molar-refractivity contribution in [2.24, 2.45) is 7.05 Å². The highest BCUT2D eigenvalue weighted by Crippen LogP contribution is 2.25. The number of unbranched alkanes of at least 4 members (excludes halogenated alkanes) is 5. The zero-order chi connectivity index (χ0) is 19.8. The van der Waals surface area contributed by atoms with E-state index in [0.29, 0.717) is 17.3 Å². The Morgan fingerprint density at radius 2 is 1.70 bits per heavy atom. The third-order valence-corrected chi connectivity index (χ3v) is 4.58. The Labute approximate surface area is 158 Å². The quantitative estimate of drug-likeness (QED) is 0.489. The highest BCUT2D eigenvalue weighted by atomic mass is 16.3. The number of aromatic nitrogens is 1. The Hall–Kier alpha value is -2.83. The number of pyridine rings is 1. The van der Waals surface area contributed by atoms with Crippen molar-refractivity contribution in [1.29, 1.82) is 0 Å². The second kappa shape index (κ2) is 9.75. The second-order valence-electron chi connectivity index (χ2n) is 6.62. The van der Waals surface area contributed by atoms with Crippen LogP contribution in [0.25, 0.3) is 10.9 Å². The summed E-state index contributed by atoms with van der Waals surface area (Å²) < 4.78 is 1.29. The van der Waals surface area contributed by atoms with Gasteiger partial charge in [-0.05, 0) is 18.6 Å². The molecule has 1 heterocycles. The van der Waals surface area contributed by atoms with Crippen LogP contribution in [0.2, 0.25) is 0 Å². The number of nitrogens with zero attached hydrogens (tertiary/aromatic N) is 1. The van der Waals surface area contributed by atoms with E-state index in [0.717, 1.165) is 19.3 Å². The number of carbonyl (C=O) groups excluding carboxylic acids is 2. The molecule has 0 spiro atoms. The number of fused-ring (bicyclic) bond motifs is 1. The number of aryl methyl sites for hydroxylation is 1. The van der Waals surface area contributed by atoms with E-state index in [1.54, 1.807) is 24.3 Å². The first-order valence-corrected chi connectivity index (χ1v) is 9.37. The Bertz CT molecular complexity index is 873. The van der Waals surface area contributed by atoms with Gasteiger partial charge in [-0.15, -0.1) is 0 Å². The van der Waals surface area contributed by atoms with Crippen molar-refractivity contribution in [3.05, 3.63) is 40.2 Å². The molecular weight excluding hydrogens is 346 g/mol. The Kier molecular flexibility index (Phi) is 7.40. The Morgan fingerprint density at radius 1 is 1.04 bits per heavy atom. The molecule has 2 aromatic rings. The van der Waals surface area contributed by atoms with E-state index >= 15 is 0 Å². The van der Waals surface area contributed by atoms with Gasteiger partial charge in [0.1, 0.15) is 11.3 Å². The summed E-state index contributed by atoms with van der Waals surface area (Å²) >= 11 is 0. The molecule has 0 aliphatic rings. The van der Waals surface area contributed by atoms with Crippen molar-refractivity contribution in [2.75, 3.05) is 0 Å². The molecule has 1 aromatic carbocycles. The van der Waals surface area contributed by atoms with Crippen LogP contribution in [0.15, 0.2) is 29.1 Å². The predicted octanol–water partition coefficient (Wildman–Crippen LogP) is 2.76. The van der Waals surface area contributed by atoms with Crippen LogP contribution < -0.4 is 16.4 Å². The largest absolute Gasteiger partial charge is 0.506 e. The highest BCUT2D eigenvalue weighted by Gasteiger charge is 2.21. The van der Waals surface area contributed by atoms with Gasteiger partial charge >= 0.3 is 0 Å². The van der Waals surface area contributed by atoms with Gasteiger partial charge in [-0.1, -0.05) is 51.2 Å². The lowest BCUT2D eigenvalue weighted by atomic mass is 10.1. The molecule has 146 valence electrons. The molecule has 0 unspecified atom stereocenters. The summed E-state index contributed by atoms with van der Waals surface area (Å²) in [5.41, 5.74) is 4.02. The fraction of sp³-hybridized carbons (Fsp3) is 0.450. The number of benzene rings is 1. The summed E-state index contributed by atoms with van der Waals surface area (Å²) in [7, 11) is 1.53. The van der Waals surface area contributed by atoms with Crippen LogP contribution in [-0.4, -0.2) is 21.5 Å². The lowest BCUT2D eigenvalue weighted by molar-refractivity contribution is -0.122. The summed E-state index contributed by atoms with van der Waals surface area (Å²) in [6.07, 6.45) is 6.64. The van der Waals surface area contributed by atoms with Crippen LogP contribution in [-0.2, 0) is 11.8 Å². The standard InChI is InChI=1S/C20H27N3O4/c1-3-4-5-6-7-8-13-16(24)21-22-19(26)17-18(25)14-11-9-10-12-15(14)23(2)20(17)27/h9-12,25H,3-8,13H2,1-2H3,(H,21,24)(H,22,26). The van der Waals surface area contributed by atoms with Gasteiger partial charge in [0.2, 0.25) is 5.91 Å². The third kappa shape index (κ3) is 5.09. The molecular formula is C20H27N3O4. The summed E-state index contributed by atoms with van der Waals surface area (Å²) in [5.74, 6) is -1.55.